The number of aromatic nitrogens is 4. The molecule has 0 saturated carbocycles. The van der Waals surface area contributed by atoms with Gasteiger partial charge in [0.05, 0.1) is 11.6 Å². The minimum Gasteiger partial charge on any atom is -0.372 e. The molecule has 0 aliphatic carbocycles. The van der Waals surface area contributed by atoms with Gasteiger partial charge in [0.15, 0.2) is 5.65 Å². The van der Waals surface area contributed by atoms with Gasteiger partial charge in [0.2, 0.25) is 0 Å². The Morgan fingerprint density at radius 1 is 1.00 bits per heavy atom. The Bertz CT molecular complexity index is 758. The molecule has 2 aromatic heterocycles. The largest absolute Gasteiger partial charge is 0.372 e. The van der Waals surface area contributed by atoms with E-state index in [0.29, 0.717) is 0 Å². The molecule has 0 unspecified atom stereocenters. The lowest BCUT2D eigenvalue weighted by molar-refractivity contribution is 0.578. The van der Waals surface area contributed by atoms with Crippen LogP contribution in [0.25, 0.3) is 11.0 Å². The fourth-order valence-corrected chi connectivity index (χ4v) is 2.91. The highest BCUT2D eigenvalue weighted by molar-refractivity contribution is 5.87. The van der Waals surface area contributed by atoms with Gasteiger partial charge in [0.1, 0.15) is 12.1 Å². The average Bonchev–Trinajstić information content (AvgIpc) is 3.06. The molecule has 1 aliphatic rings. The molecule has 3 heterocycles. The van der Waals surface area contributed by atoms with Crippen molar-refractivity contribution in [2.24, 2.45) is 0 Å². The zero-order chi connectivity index (χ0) is 14.8. The molecule has 0 atom stereocenters. The molecule has 4 rings (SSSR count). The van der Waals surface area contributed by atoms with Gasteiger partial charge in [-0.15, -0.1) is 0 Å². The normalized spacial score (nSPS) is 15.2. The van der Waals surface area contributed by atoms with Gasteiger partial charge in [0.25, 0.3) is 0 Å². The number of nitrogens with zero attached hydrogens (tertiary/aromatic N) is 4. The Kier molecular flexibility index (Phi) is 3.34. The maximum Gasteiger partial charge on any atom is 0.160 e. The summed E-state index contributed by atoms with van der Waals surface area (Å²) < 4.78 is 0. The quantitative estimate of drug-likeness (QED) is 0.777. The van der Waals surface area contributed by atoms with Gasteiger partial charge in [-0.1, -0.05) is 0 Å². The number of anilines is 3. The van der Waals surface area contributed by atoms with E-state index in [1.54, 1.807) is 6.20 Å². The Balaban J connectivity index is 1.54. The molecule has 0 bridgehead atoms. The first kappa shape index (κ1) is 13.1. The van der Waals surface area contributed by atoms with Gasteiger partial charge < -0.3 is 10.2 Å². The summed E-state index contributed by atoms with van der Waals surface area (Å²) in [4.78, 5) is 10.9. The highest BCUT2D eigenvalue weighted by atomic mass is 15.2. The molecule has 2 N–H and O–H groups in total. The highest BCUT2D eigenvalue weighted by Gasteiger charge is 2.11. The van der Waals surface area contributed by atoms with Crippen molar-refractivity contribution in [1.82, 2.24) is 20.2 Å². The summed E-state index contributed by atoms with van der Waals surface area (Å²) in [6.45, 7) is 2.32. The maximum absolute atomic E-state index is 4.29. The number of H-pyrrole nitrogens is 1. The summed E-state index contributed by atoms with van der Waals surface area (Å²) in [5, 5.41) is 11.1. The summed E-state index contributed by atoms with van der Waals surface area (Å²) >= 11 is 0. The molecule has 0 radical (unpaired) electrons. The number of piperidine rings is 1. The van der Waals surface area contributed by atoms with Crippen molar-refractivity contribution in [1.29, 1.82) is 0 Å². The first-order chi connectivity index (χ1) is 10.9. The Morgan fingerprint density at radius 3 is 2.64 bits per heavy atom. The van der Waals surface area contributed by atoms with Crippen molar-refractivity contribution in [2.45, 2.75) is 19.3 Å². The zero-order valence-electron chi connectivity index (χ0n) is 12.3. The molecule has 1 aliphatic heterocycles. The lowest BCUT2D eigenvalue weighted by Crippen LogP contribution is -2.29. The lowest BCUT2D eigenvalue weighted by Gasteiger charge is -2.28. The second-order valence-electron chi connectivity index (χ2n) is 5.57. The van der Waals surface area contributed by atoms with Gasteiger partial charge in [-0.05, 0) is 43.5 Å². The molecule has 1 saturated heterocycles. The van der Waals surface area contributed by atoms with Crippen LogP contribution in [-0.2, 0) is 0 Å². The predicted octanol–water partition coefficient (Wildman–Crippen LogP) is 3.09. The molecule has 112 valence electrons. The lowest BCUT2D eigenvalue weighted by atomic mass is 10.1. The van der Waals surface area contributed by atoms with E-state index in [0.717, 1.165) is 35.6 Å². The first-order valence-electron chi connectivity index (χ1n) is 7.66. The van der Waals surface area contributed by atoms with Crippen LogP contribution >= 0.6 is 0 Å². The summed E-state index contributed by atoms with van der Waals surface area (Å²) in [5.74, 6) is 0.768. The van der Waals surface area contributed by atoms with Gasteiger partial charge in [0, 0.05) is 24.5 Å². The Hall–Kier alpha value is -2.63. The van der Waals surface area contributed by atoms with Gasteiger partial charge in [-0.2, -0.15) is 5.10 Å². The van der Waals surface area contributed by atoms with E-state index in [9.17, 15) is 0 Å². The maximum atomic E-state index is 4.29. The van der Waals surface area contributed by atoms with Gasteiger partial charge in [-0.3, -0.25) is 5.10 Å². The molecule has 0 amide bonds. The molecule has 0 spiro atoms. The van der Waals surface area contributed by atoms with Crippen molar-refractivity contribution in [3.63, 3.8) is 0 Å². The third-order valence-corrected chi connectivity index (χ3v) is 4.10. The molecule has 6 nitrogen and oxygen atoms in total. The van der Waals surface area contributed by atoms with Crippen LogP contribution in [0.2, 0.25) is 0 Å². The third-order valence-electron chi connectivity index (χ3n) is 4.10. The second kappa shape index (κ2) is 5.63. The first-order valence-corrected chi connectivity index (χ1v) is 7.66. The number of hydrogen-bond acceptors (Lipinski definition) is 5. The van der Waals surface area contributed by atoms with Crippen molar-refractivity contribution in [3.8, 4) is 0 Å². The van der Waals surface area contributed by atoms with Crippen LogP contribution in [0, 0.1) is 0 Å². The van der Waals surface area contributed by atoms with E-state index in [2.05, 4.69) is 54.6 Å². The zero-order valence-corrected chi connectivity index (χ0v) is 12.3. The minimum atomic E-state index is 0.738. The van der Waals surface area contributed by atoms with Crippen LogP contribution in [0.15, 0.2) is 36.8 Å². The number of hydrogen-bond donors (Lipinski definition) is 2. The number of rotatable bonds is 3. The van der Waals surface area contributed by atoms with E-state index in [1.165, 1.54) is 31.3 Å². The Labute approximate surface area is 128 Å². The molecular weight excluding hydrogens is 276 g/mol. The SMILES string of the molecule is c1nc(Nc2ccc(N3CCCCC3)cc2)c2cn[nH]c2n1. The summed E-state index contributed by atoms with van der Waals surface area (Å²) in [5.41, 5.74) is 3.05. The molecule has 22 heavy (non-hydrogen) atoms. The number of aromatic amines is 1. The van der Waals surface area contributed by atoms with E-state index in [4.69, 9.17) is 0 Å². The molecule has 1 aromatic carbocycles. The smallest absolute Gasteiger partial charge is 0.160 e. The van der Waals surface area contributed by atoms with Crippen molar-refractivity contribution in [3.05, 3.63) is 36.8 Å². The average molecular weight is 294 g/mol. The van der Waals surface area contributed by atoms with Crippen LogP contribution in [0.1, 0.15) is 19.3 Å². The topological polar surface area (TPSA) is 69.7 Å². The van der Waals surface area contributed by atoms with Crippen LogP contribution in [0.4, 0.5) is 17.2 Å². The Morgan fingerprint density at radius 2 is 1.82 bits per heavy atom. The van der Waals surface area contributed by atoms with Gasteiger partial charge >= 0.3 is 0 Å². The molecule has 1 fully saturated rings. The number of nitrogens with one attached hydrogen (secondary N) is 2. The van der Waals surface area contributed by atoms with Crippen molar-refractivity contribution in [2.75, 3.05) is 23.3 Å². The fraction of sp³-hybridized carbons (Fsp3) is 0.312. The third kappa shape index (κ3) is 2.47. The van der Waals surface area contributed by atoms with Gasteiger partial charge in [-0.25, -0.2) is 9.97 Å². The standard InChI is InChI=1S/C16H18N6/c1-2-8-22(9-3-1)13-6-4-12(5-7-13)20-15-14-10-19-21-16(14)18-11-17-15/h4-7,10-11H,1-3,8-9H2,(H2,17,18,19,20,21). The fourth-order valence-electron chi connectivity index (χ4n) is 2.91. The molecular formula is C16H18N6. The van der Waals surface area contributed by atoms with Crippen LogP contribution in [0.5, 0.6) is 0 Å². The van der Waals surface area contributed by atoms with E-state index in [1.807, 2.05) is 0 Å². The number of fused-ring (bicyclic) bond motifs is 1. The monoisotopic (exact) mass is 294 g/mol. The second-order valence-corrected chi connectivity index (χ2v) is 5.57. The van der Waals surface area contributed by atoms with E-state index in [-0.39, 0.29) is 0 Å². The van der Waals surface area contributed by atoms with Crippen LogP contribution in [-0.4, -0.2) is 33.3 Å². The van der Waals surface area contributed by atoms with E-state index < -0.39 is 0 Å². The number of benzene rings is 1. The molecule has 3 aromatic rings. The summed E-state index contributed by atoms with van der Waals surface area (Å²) in [6, 6.07) is 8.53. The van der Waals surface area contributed by atoms with Crippen molar-refractivity contribution >= 4 is 28.2 Å². The molecule has 6 heteroatoms. The summed E-state index contributed by atoms with van der Waals surface area (Å²) in [7, 11) is 0. The highest BCUT2D eigenvalue weighted by Crippen LogP contribution is 2.25. The van der Waals surface area contributed by atoms with Crippen molar-refractivity contribution < 1.29 is 0 Å². The predicted molar refractivity (Wildman–Crippen MR) is 87.5 cm³/mol. The minimum absolute atomic E-state index is 0.738. The van der Waals surface area contributed by atoms with E-state index >= 15 is 0 Å². The van der Waals surface area contributed by atoms with Crippen LogP contribution in [0.3, 0.4) is 0 Å². The van der Waals surface area contributed by atoms with Crippen LogP contribution < -0.4 is 10.2 Å². The summed E-state index contributed by atoms with van der Waals surface area (Å²) in [6.07, 6.45) is 7.20.